The molecule has 1 aliphatic heterocycles. The first kappa shape index (κ1) is 33.4. The number of hydrogen-bond donors (Lipinski definition) is 3. The van der Waals surface area contributed by atoms with Gasteiger partial charge in [-0.25, -0.2) is 9.98 Å². The molecular weight excluding hydrogens is 511 g/mol. The molecule has 12 heteroatoms. The number of nitrogens with zero attached hydrogens (tertiary/aromatic N) is 3. The van der Waals surface area contributed by atoms with Crippen molar-refractivity contribution in [3.05, 3.63) is 70.7 Å². The van der Waals surface area contributed by atoms with Crippen molar-refractivity contribution in [3.8, 4) is 0 Å². The Morgan fingerprint density at radius 1 is 1.22 bits per heavy atom. The first-order valence-electron chi connectivity index (χ1n) is 11.4. The lowest BCUT2D eigenvalue weighted by atomic mass is 10.0. The number of pyridine rings is 1. The van der Waals surface area contributed by atoms with Crippen LogP contribution in [0.4, 0.5) is 18.9 Å². The van der Waals surface area contributed by atoms with Crippen LogP contribution >= 0.6 is 11.6 Å². The summed E-state index contributed by atoms with van der Waals surface area (Å²) in [5.41, 5.74) is 4.46. The fourth-order valence-electron chi connectivity index (χ4n) is 2.77. The van der Waals surface area contributed by atoms with Crippen molar-refractivity contribution in [2.24, 2.45) is 10.7 Å². The molecule has 1 aromatic heterocycles. The summed E-state index contributed by atoms with van der Waals surface area (Å²) >= 11 is 5.66. The van der Waals surface area contributed by atoms with E-state index in [4.69, 9.17) is 22.4 Å². The van der Waals surface area contributed by atoms with E-state index in [0.29, 0.717) is 11.6 Å². The van der Waals surface area contributed by atoms with E-state index in [-0.39, 0.29) is 34.9 Å². The third kappa shape index (κ3) is 10.5. The topological polar surface area (TPSA) is 121 Å². The summed E-state index contributed by atoms with van der Waals surface area (Å²) in [5.74, 6) is -1.08. The normalized spacial score (nSPS) is 14.4. The lowest BCUT2D eigenvalue weighted by Gasteiger charge is -2.25. The number of aliphatic hydroxyl groups excluding tert-OH is 1. The van der Waals surface area contributed by atoms with Crippen LogP contribution in [-0.2, 0) is 11.0 Å². The van der Waals surface area contributed by atoms with E-state index in [0.717, 1.165) is 6.07 Å². The van der Waals surface area contributed by atoms with Gasteiger partial charge in [0.05, 0.1) is 23.8 Å². The number of guanidine groups is 1. The molecule has 3 rings (SSSR count). The third-order valence-corrected chi connectivity index (χ3v) is 4.50. The van der Waals surface area contributed by atoms with Gasteiger partial charge in [-0.05, 0) is 36.8 Å². The second-order valence-corrected chi connectivity index (χ2v) is 7.39. The molecule has 0 spiro atoms. The Hall–Kier alpha value is -3.60. The van der Waals surface area contributed by atoms with Crippen molar-refractivity contribution >= 4 is 35.1 Å². The molecule has 1 aromatic carbocycles. The van der Waals surface area contributed by atoms with E-state index >= 15 is 0 Å². The zero-order valence-corrected chi connectivity index (χ0v) is 22.4. The minimum absolute atomic E-state index is 0.0543. The maximum Gasteiger partial charge on any atom is 0.418 e. The quantitative estimate of drug-likeness (QED) is 0.307. The van der Waals surface area contributed by atoms with Crippen LogP contribution in [0, 0.1) is 0 Å². The van der Waals surface area contributed by atoms with Gasteiger partial charge in [-0.15, -0.1) is 0 Å². The average Bonchev–Trinajstić information content (AvgIpc) is 2.83. The Bertz CT molecular complexity index is 1100. The van der Waals surface area contributed by atoms with E-state index in [2.05, 4.69) is 21.9 Å². The van der Waals surface area contributed by atoms with Gasteiger partial charge in [0, 0.05) is 12.7 Å². The van der Waals surface area contributed by atoms with Crippen molar-refractivity contribution in [3.63, 3.8) is 0 Å². The largest absolute Gasteiger partial charge is 0.513 e. The van der Waals surface area contributed by atoms with Crippen molar-refractivity contribution in [2.45, 2.75) is 53.3 Å². The van der Waals surface area contributed by atoms with Crippen LogP contribution in [0.15, 0.2) is 53.7 Å². The van der Waals surface area contributed by atoms with Crippen LogP contribution in [0.1, 0.15) is 68.7 Å². The van der Waals surface area contributed by atoms with Crippen molar-refractivity contribution in [2.75, 3.05) is 12.4 Å². The van der Waals surface area contributed by atoms with Crippen LogP contribution in [-0.4, -0.2) is 39.8 Å². The molecule has 1 atom stereocenters. The molecule has 0 radical (unpaired) electrons. The van der Waals surface area contributed by atoms with Crippen molar-refractivity contribution in [1.82, 2.24) is 9.88 Å². The van der Waals surface area contributed by atoms with Crippen LogP contribution in [0.5, 0.6) is 0 Å². The van der Waals surface area contributed by atoms with Crippen LogP contribution in [0.2, 0.25) is 5.15 Å². The van der Waals surface area contributed by atoms with E-state index in [1.807, 2.05) is 27.7 Å². The van der Waals surface area contributed by atoms with E-state index in [1.165, 1.54) is 31.0 Å². The highest BCUT2D eigenvalue weighted by Crippen LogP contribution is 2.33. The Morgan fingerprint density at radius 3 is 2.30 bits per heavy atom. The molecule has 0 saturated heterocycles. The lowest BCUT2D eigenvalue weighted by molar-refractivity contribution is -0.138. The van der Waals surface area contributed by atoms with E-state index in [9.17, 15) is 22.8 Å². The van der Waals surface area contributed by atoms with Gasteiger partial charge < -0.3 is 16.2 Å². The average molecular weight is 544 g/mol. The minimum Gasteiger partial charge on any atom is -0.513 e. The van der Waals surface area contributed by atoms with Crippen molar-refractivity contribution in [1.29, 1.82) is 0 Å². The molecule has 0 saturated carbocycles. The molecule has 2 aromatic rings. The SMILES string of the molecule is C=C(C)O.CC.CC.CN1C(=O)CC(c2cccc(NC(=O)c3nc(Cl)ccc3C(F)(F)F)c2)N=C1N. The van der Waals surface area contributed by atoms with Gasteiger partial charge in [0.1, 0.15) is 10.8 Å². The number of carbonyl (C=O) groups is 2. The molecule has 8 nitrogen and oxygen atoms in total. The Labute approximate surface area is 220 Å². The molecule has 0 bridgehead atoms. The smallest absolute Gasteiger partial charge is 0.418 e. The number of benzene rings is 1. The first-order valence-corrected chi connectivity index (χ1v) is 11.8. The number of aliphatic hydroxyl groups is 1. The Balaban J connectivity index is 0.00000145. The van der Waals surface area contributed by atoms with Crippen LogP contribution in [0.25, 0.3) is 0 Å². The summed E-state index contributed by atoms with van der Waals surface area (Å²) in [6.07, 6.45) is -4.70. The number of nitrogens with two attached hydrogens (primary N) is 1. The van der Waals surface area contributed by atoms with Gasteiger partial charge in [0.15, 0.2) is 5.96 Å². The highest BCUT2D eigenvalue weighted by molar-refractivity contribution is 6.29. The number of carbonyl (C=O) groups excluding carboxylic acids is 2. The van der Waals surface area contributed by atoms with E-state index in [1.54, 1.807) is 12.1 Å². The molecule has 204 valence electrons. The molecule has 0 aliphatic carbocycles. The highest BCUT2D eigenvalue weighted by atomic mass is 35.5. The summed E-state index contributed by atoms with van der Waals surface area (Å²) in [4.78, 5) is 33.4. The van der Waals surface area contributed by atoms with Gasteiger partial charge in [0.25, 0.3) is 5.91 Å². The molecule has 2 amide bonds. The Morgan fingerprint density at radius 2 is 1.78 bits per heavy atom. The van der Waals surface area contributed by atoms with Crippen LogP contribution in [0.3, 0.4) is 0 Å². The molecular formula is C25H33ClF3N5O3. The maximum absolute atomic E-state index is 13.2. The van der Waals surface area contributed by atoms with Crippen molar-refractivity contribution < 1.29 is 27.9 Å². The number of halogens is 4. The molecule has 1 unspecified atom stereocenters. The predicted molar refractivity (Wildman–Crippen MR) is 141 cm³/mol. The molecule has 2 heterocycles. The number of aliphatic imine (C=N–C) groups is 1. The number of hydrogen-bond acceptors (Lipinski definition) is 6. The lowest BCUT2D eigenvalue weighted by Crippen LogP contribution is -2.42. The zero-order chi connectivity index (χ0) is 28.9. The molecule has 37 heavy (non-hydrogen) atoms. The van der Waals surface area contributed by atoms with E-state index < -0.39 is 29.4 Å². The summed E-state index contributed by atoms with van der Waals surface area (Å²) in [5, 5.41) is 9.99. The summed E-state index contributed by atoms with van der Waals surface area (Å²) in [6.45, 7) is 12.6. The number of anilines is 1. The number of aromatic nitrogens is 1. The number of amides is 2. The fraction of sp³-hybridized carbons (Fsp3) is 0.360. The van der Waals surface area contributed by atoms with Gasteiger partial charge in [-0.2, -0.15) is 13.2 Å². The number of alkyl halides is 3. The fourth-order valence-corrected chi connectivity index (χ4v) is 2.91. The summed E-state index contributed by atoms with van der Waals surface area (Å²) < 4.78 is 39.5. The van der Waals surface area contributed by atoms with Gasteiger partial charge >= 0.3 is 6.18 Å². The minimum atomic E-state index is -4.77. The van der Waals surface area contributed by atoms with Gasteiger partial charge in [0.2, 0.25) is 5.91 Å². The maximum atomic E-state index is 13.2. The predicted octanol–water partition coefficient (Wildman–Crippen LogP) is 6.35. The molecule has 4 N–H and O–H groups in total. The summed E-state index contributed by atoms with van der Waals surface area (Å²) in [6, 6.07) is 7.34. The highest BCUT2D eigenvalue weighted by Gasteiger charge is 2.36. The van der Waals surface area contributed by atoms with Gasteiger partial charge in [-0.1, -0.05) is 58.0 Å². The number of nitrogens with one attached hydrogen (secondary N) is 1. The Kier molecular flexibility index (Phi) is 14.0. The molecule has 1 aliphatic rings. The second kappa shape index (κ2) is 15.5. The second-order valence-electron chi connectivity index (χ2n) is 7.00. The molecule has 0 fully saturated rings. The monoisotopic (exact) mass is 543 g/mol. The third-order valence-electron chi connectivity index (χ3n) is 4.28. The van der Waals surface area contributed by atoms with Gasteiger partial charge in [-0.3, -0.25) is 14.5 Å². The summed E-state index contributed by atoms with van der Waals surface area (Å²) in [7, 11) is 1.50. The van der Waals surface area contributed by atoms with Crippen LogP contribution < -0.4 is 11.1 Å². The first-order chi connectivity index (χ1) is 17.3. The standard InChI is InChI=1S/C18H15ClF3N5O2.C3H6O.2C2H6/c1-27-14(28)8-12(25-17(27)23)9-3-2-4-10(7-9)24-16(29)15-11(18(20,21)22)5-6-13(19)26-15;1-3(2)4;2*1-2/h2-7,12H,8H2,1H3,(H2,23,25)(H,24,29);4H,1H2,2H3;2*1-2H3. The number of allylic oxidation sites excluding steroid dienone is 1. The number of rotatable bonds is 3. The zero-order valence-electron chi connectivity index (χ0n) is 21.7.